The lowest BCUT2D eigenvalue weighted by Gasteiger charge is -2.19. The number of Topliss-reactive ketones (excluding diaryl/α,β-unsaturated/α-hetero) is 1. The third-order valence-electron chi connectivity index (χ3n) is 4.81. The van der Waals surface area contributed by atoms with Gasteiger partial charge in [-0.05, 0) is 59.7 Å². The highest BCUT2D eigenvalue weighted by molar-refractivity contribution is 6.36. The fourth-order valence-electron chi connectivity index (χ4n) is 3.16. The highest BCUT2D eigenvalue weighted by atomic mass is 35.5. The third-order valence-corrected chi connectivity index (χ3v) is 5.06. The van der Waals surface area contributed by atoms with Crippen molar-refractivity contribution in [3.05, 3.63) is 105 Å². The van der Waals surface area contributed by atoms with Crippen molar-refractivity contribution >= 4 is 41.0 Å². The van der Waals surface area contributed by atoms with E-state index in [4.69, 9.17) is 11.6 Å². The fraction of sp³-hybridized carbons (Fsp3) is 0.0417. The van der Waals surface area contributed by atoms with Crippen LogP contribution in [-0.2, 0) is 11.3 Å². The topological polar surface area (TPSA) is 75.3 Å². The molecule has 0 spiro atoms. The van der Waals surface area contributed by atoms with Crippen LogP contribution in [0.5, 0.6) is 0 Å². The van der Waals surface area contributed by atoms with Crippen molar-refractivity contribution < 1.29 is 18.8 Å². The Morgan fingerprint density at radius 2 is 1.71 bits per heavy atom. The summed E-state index contributed by atoms with van der Waals surface area (Å²) in [7, 11) is 0. The van der Waals surface area contributed by atoms with Crippen LogP contribution >= 0.6 is 11.6 Å². The van der Waals surface area contributed by atoms with Gasteiger partial charge in [0, 0.05) is 22.7 Å². The first-order valence-corrected chi connectivity index (χ1v) is 9.78. The minimum atomic E-state index is -0.513. The van der Waals surface area contributed by atoms with Gasteiger partial charge < -0.3 is 10.6 Å². The Morgan fingerprint density at radius 3 is 2.42 bits per heavy atom. The Balaban J connectivity index is 1.56. The number of rotatable bonds is 4. The predicted molar refractivity (Wildman–Crippen MR) is 116 cm³/mol. The van der Waals surface area contributed by atoms with Gasteiger partial charge in [-0.15, -0.1) is 0 Å². The molecule has 2 amide bonds. The molecule has 3 aromatic carbocycles. The van der Waals surface area contributed by atoms with E-state index < -0.39 is 11.7 Å². The number of amides is 2. The normalized spacial score (nSPS) is 14.2. The molecule has 2 N–H and O–H groups in total. The molecule has 5 nitrogen and oxygen atoms in total. The first-order valence-electron chi connectivity index (χ1n) is 9.41. The van der Waals surface area contributed by atoms with Crippen LogP contribution in [0.1, 0.15) is 31.8 Å². The Bertz CT molecular complexity index is 1220. The van der Waals surface area contributed by atoms with Crippen LogP contribution in [0.3, 0.4) is 0 Å². The molecule has 0 fully saturated rings. The summed E-state index contributed by atoms with van der Waals surface area (Å²) in [5.41, 5.74) is 2.21. The largest absolute Gasteiger partial charge is 0.348 e. The van der Waals surface area contributed by atoms with Crippen LogP contribution in [0.25, 0.3) is 6.08 Å². The summed E-state index contributed by atoms with van der Waals surface area (Å²) in [6.07, 6.45) is 1.48. The summed E-state index contributed by atoms with van der Waals surface area (Å²) in [6.45, 7) is 0.211. The van der Waals surface area contributed by atoms with Crippen molar-refractivity contribution in [3.8, 4) is 0 Å². The standard InChI is InChI=1S/C24H16ClFN2O3/c25-17-6-1-14(2-7-17)11-20-22(29)19-12-16(5-10-21(19)28-24(20)31)23(30)27-13-15-3-8-18(26)9-4-15/h1-12H,13H2,(H,27,30)(H,28,31)/b20-11-. The second kappa shape index (κ2) is 8.53. The number of ketones is 1. The number of carbonyl (C=O) groups is 3. The van der Waals surface area contributed by atoms with Crippen molar-refractivity contribution in [2.75, 3.05) is 5.32 Å². The Hall–Kier alpha value is -3.77. The van der Waals surface area contributed by atoms with Gasteiger partial charge in [0.25, 0.3) is 11.8 Å². The molecule has 154 valence electrons. The quantitative estimate of drug-likeness (QED) is 0.464. The van der Waals surface area contributed by atoms with Crippen LogP contribution in [0.2, 0.25) is 5.02 Å². The Kier molecular flexibility index (Phi) is 5.64. The van der Waals surface area contributed by atoms with Gasteiger partial charge in [-0.3, -0.25) is 14.4 Å². The van der Waals surface area contributed by atoms with E-state index in [2.05, 4.69) is 10.6 Å². The smallest absolute Gasteiger partial charge is 0.259 e. The van der Waals surface area contributed by atoms with E-state index in [1.807, 2.05) is 0 Å². The number of nitrogens with one attached hydrogen (secondary N) is 2. The average molecular weight is 435 g/mol. The van der Waals surface area contributed by atoms with Gasteiger partial charge in [-0.1, -0.05) is 35.9 Å². The lowest BCUT2D eigenvalue weighted by atomic mass is 9.93. The maximum Gasteiger partial charge on any atom is 0.259 e. The number of halogens is 2. The maximum absolute atomic E-state index is 13.0. The molecule has 0 bridgehead atoms. The number of fused-ring (bicyclic) bond motifs is 1. The molecule has 31 heavy (non-hydrogen) atoms. The molecule has 0 unspecified atom stereocenters. The van der Waals surface area contributed by atoms with E-state index in [9.17, 15) is 18.8 Å². The third kappa shape index (κ3) is 4.54. The van der Waals surface area contributed by atoms with Crippen LogP contribution in [0.15, 0.2) is 72.3 Å². The molecule has 7 heteroatoms. The number of hydrogen-bond donors (Lipinski definition) is 2. The Labute approximate surface area is 182 Å². The molecular weight excluding hydrogens is 419 g/mol. The molecule has 4 rings (SSSR count). The van der Waals surface area contributed by atoms with Gasteiger partial charge in [0.05, 0.1) is 11.3 Å². The lowest BCUT2D eigenvalue weighted by Crippen LogP contribution is -2.28. The zero-order valence-corrected chi connectivity index (χ0v) is 16.9. The van der Waals surface area contributed by atoms with Crippen LogP contribution < -0.4 is 10.6 Å². The number of hydrogen-bond acceptors (Lipinski definition) is 3. The summed E-state index contributed by atoms with van der Waals surface area (Å²) < 4.78 is 13.0. The van der Waals surface area contributed by atoms with Crippen molar-refractivity contribution in [2.24, 2.45) is 0 Å². The van der Waals surface area contributed by atoms with Crippen molar-refractivity contribution in [1.29, 1.82) is 0 Å². The minimum absolute atomic E-state index is 0.0290. The second-order valence-electron chi connectivity index (χ2n) is 6.96. The van der Waals surface area contributed by atoms with E-state index in [1.165, 1.54) is 36.4 Å². The van der Waals surface area contributed by atoms with E-state index in [1.54, 1.807) is 36.4 Å². The number of carbonyl (C=O) groups excluding carboxylic acids is 3. The first kappa shape index (κ1) is 20.5. The average Bonchev–Trinajstić information content (AvgIpc) is 2.77. The van der Waals surface area contributed by atoms with Crippen LogP contribution in [-0.4, -0.2) is 17.6 Å². The minimum Gasteiger partial charge on any atom is -0.348 e. The van der Waals surface area contributed by atoms with Gasteiger partial charge in [-0.25, -0.2) is 4.39 Å². The summed E-state index contributed by atoms with van der Waals surface area (Å²) >= 11 is 5.88. The fourth-order valence-corrected chi connectivity index (χ4v) is 3.29. The first-order chi connectivity index (χ1) is 14.9. The van der Waals surface area contributed by atoms with Crippen molar-refractivity contribution in [1.82, 2.24) is 5.32 Å². The molecule has 1 aliphatic rings. The Morgan fingerprint density at radius 1 is 1.00 bits per heavy atom. The maximum atomic E-state index is 13.0. The van der Waals surface area contributed by atoms with Gasteiger partial charge in [0.1, 0.15) is 5.82 Å². The van der Waals surface area contributed by atoms with Crippen molar-refractivity contribution in [2.45, 2.75) is 6.54 Å². The zero-order valence-electron chi connectivity index (χ0n) is 16.1. The van der Waals surface area contributed by atoms with E-state index in [0.717, 1.165) is 5.56 Å². The predicted octanol–water partition coefficient (Wildman–Crippen LogP) is 4.63. The SMILES string of the molecule is O=C1Nc2ccc(C(=O)NCc3ccc(F)cc3)cc2C(=O)/C1=C/c1ccc(Cl)cc1. The molecule has 0 saturated heterocycles. The number of benzene rings is 3. The van der Waals surface area contributed by atoms with Crippen LogP contribution in [0, 0.1) is 5.82 Å². The molecule has 1 heterocycles. The second-order valence-corrected chi connectivity index (χ2v) is 7.40. The molecule has 0 radical (unpaired) electrons. The molecule has 0 saturated carbocycles. The molecular formula is C24H16ClFN2O3. The van der Waals surface area contributed by atoms with Gasteiger partial charge in [0.15, 0.2) is 0 Å². The van der Waals surface area contributed by atoms with Gasteiger partial charge >= 0.3 is 0 Å². The van der Waals surface area contributed by atoms with Crippen molar-refractivity contribution in [3.63, 3.8) is 0 Å². The lowest BCUT2D eigenvalue weighted by molar-refractivity contribution is -0.112. The molecule has 0 aliphatic carbocycles. The molecule has 0 atom stereocenters. The summed E-state index contributed by atoms with van der Waals surface area (Å²) in [5.74, 6) is -1.73. The summed E-state index contributed by atoms with van der Waals surface area (Å²) in [5, 5.41) is 5.96. The zero-order chi connectivity index (χ0) is 22.0. The molecule has 1 aliphatic heterocycles. The van der Waals surface area contributed by atoms with E-state index in [-0.39, 0.29) is 35.0 Å². The van der Waals surface area contributed by atoms with Gasteiger partial charge in [-0.2, -0.15) is 0 Å². The van der Waals surface area contributed by atoms with Crippen LogP contribution in [0.4, 0.5) is 10.1 Å². The number of anilines is 1. The highest BCUT2D eigenvalue weighted by Crippen LogP contribution is 2.28. The van der Waals surface area contributed by atoms with Gasteiger partial charge in [0.2, 0.25) is 5.78 Å². The molecule has 0 aromatic heterocycles. The summed E-state index contributed by atoms with van der Waals surface area (Å²) in [4.78, 5) is 37.9. The monoisotopic (exact) mass is 434 g/mol. The molecule has 3 aromatic rings. The van der Waals surface area contributed by atoms with E-state index in [0.29, 0.717) is 16.3 Å². The summed E-state index contributed by atoms with van der Waals surface area (Å²) in [6, 6.07) is 17.0. The van der Waals surface area contributed by atoms with E-state index >= 15 is 0 Å². The highest BCUT2D eigenvalue weighted by Gasteiger charge is 2.29.